The van der Waals surface area contributed by atoms with Crippen molar-refractivity contribution >= 4 is 10.0 Å². The quantitative estimate of drug-likeness (QED) is 0.489. The van der Waals surface area contributed by atoms with Crippen molar-refractivity contribution in [2.24, 2.45) is 12.5 Å². The Balaban J connectivity index is 1.01. The second kappa shape index (κ2) is 9.41. The van der Waals surface area contributed by atoms with Crippen LogP contribution in [-0.4, -0.2) is 53.1 Å². The fourth-order valence-electron chi connectivity index (χ4n) is 5.98. The molecular formula is C27H32N4O5S. The fourth-order valence-corrected chi connectivity index (χ4v) is 7.40. The van der Waals surface area contributed by atoms with Crippen LogP contribution in [0.25, 0.3) is 0 Å². The zero-order chi connectivity index (χ0) is 25.6. The fraction of sp³-hybridized carbons (Fsp3) is 0.481. The van der Waals surface area contributed by atoms with Crippen molar-refractivity contribution in [1.29, 1.82) is 0 Å². The second-order valence-corrected chi connectivity index (χ2v) is 12.6. The molecule has 10 heteroatoms. The van der Waals surface area contributed by atoms with Crippen molar-refractivity contribution in [3.63, 3.8) is 0 Å². The smallest absolute Gasteiger partial charge is 0.246 e. The van der Waals surface area contributed by atoms with E-state index in [2.05, 4.69) is 34.3 Å². The molecule has 9 nitrogen and oxygen atoms in total. The number of hydrogen-bond acceptors (Lipinski definition) is 7. The summed E-state index contributed by atoms with van der Waals surface area (Å²) in [6, 6.07) is 10.0. The Hall–Kier alpha value is -2.95. The average Bonchev–Trinajstić information content (AvgIpc) is 3.32. The lowest BCUT2D eigenvalue weighted by molar-refractivity contribution is -0.0459. The van der Waals surface area contributed by atoms with Crippen molar-refractivity contribution in [2.75, 3.05) is 19.6 Å². The number of aryl methyl sites for hydroxylation is 1. The summed E-state index contributed by atoms with van der Waals surface area (Å²) in [7, 11) is -1.80. The summed E-state index contributed by atoms with van der Waals surface area (Å²) >= 11 is 0. The molecule has 0 atom stereocenters. The molecule has 1 spiro atoms. The SMILES string of the molecule is Cn1cc(S(=O)(=O)N2CCC3(CC2)CC(Oc2coc(CN4CCc5ccccc5C4)cc2=O)C3)cn1. The number of hydrogen-bond donors (Lipinski definition) is 0. The van der Waals surface area contributed by atoms with E-state index in [0.717, 1.165) is 45.2 Å². The largest absolute Gasteiger partial charge is 0.483 e. The Labute approximate surface area is 216 Å². The maximum atomic E-state index is 12.9. The van der Waals surface area contributed by atoms with Gasteiger partial charge in [-0.3, -0.25) is 14.4 Å². The lowest BCUT2D eigenvalue weighted by Gasteiger charge is -2.51. The number of nitrogens with zero attached hydrogens (tertiary/aromatic N) is 4. The molecule has 1 saturated carbocycles. The molecule has 2 aromatic heterocycles. The number of aromatic nitrogens is 2. The van der Waals surface area contributed by atoms with Crippen molar-refractivity contribution < 1.29 is 17.6 Å². The van der Waals surface area contributed by atoms with Gasteiger partial charge in [-0.2, -0.15) is 9.40 Å². The van der Waals surface area contributed by atoms with Gasteiger partial charge in [0.1, 0.15) is 23.0 Å². The van der Waals surface area contributed by atoms with Gasteiger partial charge in [0.15, 0.2) is 0 Å². The van der Waals surface area contributed by atoms with Gasteiger partial charge < -0.3 is 9.15 Å². The van der Waals surface area contributed by atoms with E-state index in [1.54, 1.807) is 17.4 Å². The highest BCUT2D eigenvalue weighted by Gasteiger charge is 2.48. The van der Waals surface area contributed by atoms with Gasteiger partial charge in [-0.15, -0.1) is 0 Å². The van der Waals surface area contributed by atoms with Gasteiger partial charge in [0.2, 0.25) is 21.2 Å². The summed E-state index contributed by atoms with van der Waals surface area (Å²) in [5, 5.41) is 3.99. The number of rotatable bonds is 6. The van der Waals surface area contributed by atoms with Crippen LogP contribution in [0.4, 0.5) is 0 Å². The van der Waals surface area contributed by atoms with Crippen molar-refractivity contribution in [1.82, 2.24) is 19.0 Å². The molecule has 2 aliphatic heterocycles. The molecule has 3 aliphatic rings. The van der Waals surface area contributed by atoms with Crippen molar-refractivity contribution in [2.45, 2.75) is 56.2 Å². The van der Waals surface area contributed by atoms with Crippen LogP contribution in [0.5, 0.6) is 5.75 Å². The zero-order valence-corrected chi connectivity index (χ0v) is 21.8. The van der Waals surface area contributed by atoms with Crippen LogP contribution in [0.2, 0.25) is 0 Å². The highest BCUT2D eigenvalue weighted by Crippen LogP contribution is 2.50. The Morgan fingerprint density at radius 2 is 1.89 bits per heavy atom. The third-order valence-corrected chi connectivity index (χ3v) is 10.0. The lowest BCUT2D eigenvalue weighted by Crippen LogP contribution is -2.52. The van der Waals surface area contributed by atoms with Crippen LogP contribution < -0.4 is 10.2 Å². The van der Waals surface area contributed by atoms with E-state index >= 15 is 0 Å². The van der Waals surface area contributed by atoms with E-state index in [4.69, 9.17) is 9.15 Å². The van der Waals surface area contributed by atoms with Crippen LogP contribution in [0, 0.1) is 5.41 Å². The molecule has 2 fully saturated rings. The number of piperidine rings is 1. The summed E-state index contributed by atoms with van der Waals surface area (Å²) in [5.74, 6) is 0.896. The first-order valence-corrected chi connectivity index (χ1v) is 14.3. The molecule has 37 heavy (non-hydrogen) atoms. The first kappa shape index (κ1) is 24.4. The molecule has 6 rings (SSSR count). The van der Waals surface area contributed by atoms with E-state index in [0.29, 0.717) is 25.4 Å². The molecule has 3 aromatic rings. The van der Waals surface area contributed by atoms with Crippen molar-refractivity contribution in [3.05, 3.63) is 76.1 Å². The molecule has 0 unspecified atom stereocenters. The van der Waals surface area contributed by atoms with Crippen LogP contribution in [0.15, 0.2) is 63.1 Å². The summed E-state index contributed by atoms with van der Waals surface area (Å²) in [5.41, 5.74) is 2.64. The standard InChI is InChI=1S/C27H32N4O5S/c1-29-18-24(15-28-29)37(33,34)31-10-7-27(8-11-31)13-23(14-27)36-26-19-35-22(12-25(26)32)17-30-9-6-20-4-2-3-5-21(20)16-30/h2-5,12,15,18-19,23H,6-11,13-14,16-17H2,1H3. The first-order chi connectivity index (χ1) is 17.8. The van der Waals surface area contributed by atoms with Crippen LogP contribution in [0.3, 0.4) is 0 Å². The van der Waals surface area contributed by atoms with E-state index < -0.39 is 10.0 Å². The van der Waals surface area contributed by atoms with Crippen LogP contribution in [-0.2, 0) is 36.6 Å². The van der Waals surface area contributed by atoms with E-state index in [1.165, 1.54) is 34.5 Å². The highest BCUT2D eigenvalue weighted by molar-refractivity contribution is 7.89. The predicted octanol–water partition coefficient (Wildman–Crippen LogP) is 2.94. The second-order valence-electron chi connectivity index (χ2n) is 10.7. The van der Waals surface area contributed by atoms with Gasteiger partial charge >= 0.3 is 0 Å². The number of fused-ring (bicyclic) bond motifs is 1. The third kappa shape index (κ3) is 4.85. The average molecular weight is 525 g/mol. The third-order valence-electron chi connectivity index (χ3n) is 8.16. The Morgan fingerprint density at radius 3 is 2.59 bits per heavy atom. The summed E-state index contributed by atoms with van der Waals surface area (Å²) in [4.78, 5) is 15.3. The van der Waals surface area contributed by atoms with Gasteiger partial charge in [0.05, 0.1) is 12.7 Å². The predicted molar refractivity (Wildman–Crippen MR) is 137 cm³/mol. The first-order valence-electron chi connectivity index (χ1n) is 12.9. The van der Waals surface area contributed by atoms with E-state index in [1.807, 2.05) is 0 Å². The summed E-state index contributed by atoms with van der Waals surface area (Å²) in [6.07, 6.45) is 8.56. The highest BCUT2D eigenvalue weighted by atomic mass is 32.2. The molecule has 0 N–H and O–H groups in total. The molecule has 4 heterocycles. The Morgan fingerprint density at radius 1 is 1.14 bits per heavy atom. The molecule has 1 aliphatic carbocycles. The number of sulfonamides is 1. The molecule has 1 saturated heterocycles. The van der Waals surface area contributed by atoms with E-state index in [9.17, 15) is 13.2 Å². The lowest BCUT2D eigenvalue weighted by atomic mass is 9.62. The van der Waals surface area contributed by atoms with Gasteiger partial charge in [-0.25, -0.2) is 8.42 Å². The summed E-state index contributed by atoms with van der Waals surface area (Å²) < 4.78 is 40.6. The monoisotopic (exact) mass is 524 g/mol. The van der Waals surface area contributed by atoms with Crippen molar-refractivity contribution in [3.8, 4) is 5.75 Å². The van der Waals surface area contributed by atoms with E-state index in [-0.39, 0.29) is 27.6 Å². The molecular weight excluding hydrogens is 492 g/mol. The molecule has 0 radical (unpaired) electrons. The van der Waals surface area contributed by atoms with Gasteiger partial charge in [-0.1, -0.05) is 24.3 Å². The van der Waals surface area contributed by atoms with Gasteiger partial charge in [0, 0.05) is 45.5 Å². The zero-order valence-electron chi connectivity index (χ0n) is 21.0. The summed E-state index contributed by atoms with van der Waals surface area (Å²) in [6.45, 7) is 3.35. The molecule has 0 bridgehead atoms. The van der Waals surface area contributed by atoms with Gasteiger partial charge in [-0.05, 0) is 48.6 Å². The topological polar surface area (TPSA) is 97.9 Å². The van der Waals surface area contributed by atoms with Crippen LogP contribution in [0.1, 0.15) is 42.6 Å². The van der Waals surface area contributed by atoms with Gasteiger partial charge in [0.25, 0.3) is 0 Å². The normalized spacial score (nSPS) is 20.5. The Kier molecular flexibility index (Phi) is 6.21. The minimum Gasteiger partial charge on any atom is -0.483 e. The molecule has 1 aromatic carbocycles. The number of ether oxygens (including phenoxy) is 1. The molecule has 0 amide bonds. The van der Waals surface area contributed by atoms with Crippen LogP contribution >= 0.6 is 0 Å². The Bertz CT molecular complexity index is 1450. The maximum absolute atomic E-state index is 12.9. The maximum Gasteiger partial charge on any atom is 0.246 e. The minimum absolute atomic E-state index is 0.0474. The molecule has 196 valence electrons. The number of benzene rings is 1. The minimum atomic E-state index is -3.51.